The number of esters is 1. The number of nitrogens with zero attached hydrogens (tertiary/aromatic N) is 4. The number of hydrogen-bond donors (Lipinski definition) is 2. The van der Waals surface area contributed by atoms with Gasteiger partial charge in [0.05, 0.1) is 5.69 Å². The second kappa shape index (κ2) is 12.3. The summed E-state index contributed by atoms with van der Waals surface area (Å²) < 4.78 is 35.3. The Hall–Kier alpha value is -4.25. The number of anilines is 1. The third-order valence-corrected chi connectivity index (χ3v) is 7.71. The van der Waals surface area contributed by atoms with Crippen molar-refractivity contribution >= 4 is 27.4 Å². The van der Waals surface area contributed by atoms with Crippen LogP contribution in [0.25, 0.3) is 0 Å². The molecular weight excluding hydrogens is 504 g/mol. The van der Waals surface area contributed by atoms with Crippen LogP contribution in [0.4, 0.5) is 5.69 Å². The summed E-state index contributed by atoms with van der Waals surface area (Å²) in [6, 6.07) is 22.3. The Morgan fingerprint density at radius 2 is 1.61 bits per heavy atom. The molecule has 38 heavy (non-hydrogen) atoms. The molecule has 1 unspecified atom stereocenters. The fourth-order valence-corrected chi connectivity index (χ4v) is 5.63. The van der Waals surface area contributed by atoms with Gasteiger partial charge in [-0.15, -0.1) is 10.2 Å². The minimum atomic E-state index is -4.00. The zero-order valence-corrected chi connectivity index (χ0v) is 21.6. The molecule has 1 atom stereocenters. The lowest BCUT2D eigenvalue weighted by Crippen LogP contribution is -2.23. The number of benzene rings is 3. The predicted molar refractivity (Wildman–Crippen MR) is 144 cm³/mol. The van der Waals surface area contributed by atoms with E-state index in [0.717, 1.165) is 12.0 Å². The molecule has 10 nitrogen and oxygen atoms in total. The molecule has 4 rings (SSSR count). The van der Waals surface area contributed by atoms with E-state index in [1.165, 1.54) is 0 Å². The van der Waals surface area contributed by atoms with Gasteiger partial charge in [-0.1, -0.05) is 61.9 Å². The van der Waals surface area contributed by atoms with Crippen molar-refractivity contribution in [1.82, 2.24) is 0 Å². The van der Waals surface area contributed by atoms with Gasteiger partial charge in [0.15, 0.2) is 0 Å². The second-order valence-electron chi connectivity index (χ2n) is 8.68. The van der Waals surface area contributed by atoms with Crippen LogP contribution in [0.1, 0.15) is 60.7 Å². The van der Waals surface area contributed by atoms with Crippen molar-refractivity contribution < 1.29 is 17.9 Å². The Labute approximate surface area is 221 Å². The number of carbonyl (C=O) groups excluding carboxylic acids is 1. The van der Waals surface area contributed by atoms with E-state index in [1.807, 2.05) is 6.92 Å². The maximum Gasteiger partial charge on any atom is 0.311 e. The Morgan fingerprint density at radius 3 is 2.29 bits per heavy atom. The highest BCUT2D eigenvalue weighted by molar-refractivity contribution is 7.93. The van der Waals surface area contributed by atoms with E-state index in [0.29, 0.717) is 34.7 Å². The topological polar surface area (TPSA) is 146 Å². The normalized spacial score (nSPS) is 13.8. The Bertz CT molecular complexity index is 1430. The first-order valence-electron chi connectivity index (χ1n) is 12.2. The first-order valence-corrected chi connectivity index (χ1v) is 13.8. The van der Waals surface area contributed by atoms with Gasteiger partial charge in [-0.2, -0.15) is 0 Å². The summed E-state index contributed by atoms with van der Waals surface area (Å²) in [6.07, 6.45) is 0.694. The van der Waals surface area contributed by atoms with E-state index in [2.05, 4.69) is 25.4 Å². The quantitative estimate of drug-likeness (QED) is 0.155. The van der Waals surface area contributed by atoms with Crippen LogP contribution in [0.3, 0.4) is 0 Å². The summed E-state index contributed by atoms with van der Waals surface area (Å²) in [5, 5.41) is 21.9. The molecule has 196 valence electrons. The molecule has 0 saturated heterocycles. The minimum Gasteiger partial charge on any atom is -0.427 e. The van der Waals surface area contributed by atoms with Gasteiger partial charge in [-0.25, -0.2) is 8.42 Å². The molecule has 0 bridgehead atoms. The lowest BCUT2D eigenvalue weighted by molar-refractivity contribution is -0.134. The summed E-state index contributed by atoms with van der Waals surface area (Å²) in [6.45, 7) is 2.01. The molecule has 0 fully saturated rings. The van der Waals surface area contributed by atoms with Crippen LogP contribution < -0.4 is 9.46 Å². The predicted octanol–water partition coefficient (Wildman–Crippen LogP) is 6.55. The third kappa shape index (κ3) is 6.74. The molecule has 11 heteroatoms. The summed E-state index contributed by atoms with van der Waals surface area (Å²) in [5.74, 6) is -0.209. The molecule has 0 aromatic heterocycles. The van der Waals surface area contributed by atoms with Crippen molar-refractivity contribution in [2.75, 3.05) is 4.72 Å². The van der Waals surface area contributed by atoms with Gasteiger partial charge in [0, 0.05) is 17.7 Å². The van der Waals surface area contributed by atoms with Gasteiger partial charge in [0.2, 0.25) is 16.2 Å². The number of sulfonamides is 1. The van der Waals surface area contributed by atoms with Crippen LogP contribution in [0, 0.1) is 5.41 Å². The van der Waals surface area contributed by atoms with Crippen LogP contribution in [0.5, 0.6) is 5.75 Å². The van der Waals surface area contributed by atoms with Crippen molar-refractivity contribution in [2.45, 2.75) is 44.0 Å². The molecule has 3 aromatic rings. The Morgan fingerprint density at radius 1 is 0.947 bits per heavy atom. The van der Waals surface area contributed by atoms with Crippen molar-refractivity contribution in [2.24, 2.45) is 20.7 Å². The molecular formula is C27H28N6O4S. The standard InChI is InChI=1S/C27H28N6O4S/c1-2-8-23(28)19-13-15-21(16-14-19)37-26(34)18-17-25(20-9-4-3-5-10-20)38(35,36)31-24-12-7-6-11-22(24)27-29-32-33-30-27/h3-7,9-16,25,27-28,31H,2,8,17-18H2,1H3. The smallest absolute Gasteiger partial charge is 0.311 e. The number of para-hydroxylation sites is 1. The fourth-order valence-electron chi connectivity index (χ4n) is 4.05. The summed E-state index contributed by atoms with van der Waals surface area (Å²) >= 11 is 0. The number of carbonyl (C=O) groups is 1. The molecule has 0 radical (unpaired) electrons. The number of nitrogens with one attached hydrogen (secondary N) is 2. The summed E-state index contributed by atoms with van der Waals surface area (Å²) in [4.78, 5) is 12.7. The van der Waals surface area contributed by atoms with Gasteiger partial charge in [0.1, 0.15) is 11.0 Å². The first kappa shape index (κ1) is 26.8. The van der Waals surface area contributed by atoms with Crippen LogP contribution in [0.2, 0.25) is 0 Å². The number of hydrogen-bond acceptors (Lipinski definition) is 9. The van der Waals surface area contributed by atoms with Gasteiger partial charge in [-0.05, 0) is 64.7 Å². The van der Waals surface area contributed by atoms with Gasteiger partial charge in [-0.3, -0.25) is 9.52 Å². The molecule has 2 N–H and O–H groups in total. The molecule has 3 aromatic carbocycles. The van der Waals surface area contributed by atoms with Crippen LogP contribution in [-0.2, 0) is 14.8 Å². The molecule has 1 heterocycles. The van der Waals surface area contributed by atoms with Crippen molar-refractivity contribution in [3.05, 3.63) is 95.6 Å². The maximum atomic E-state index is 13.6. The molecule has 1 aliphatic heterocycles. The zero-order chi connectivity index (χ0) is 27.0. The monoisotopic (exact) mass is 532 g/mol. The minimum absolute atomic E-state index is 0.00240. The van der Waals surface area contributed by atoms with Gasteiger partial charge < -0.3 is 10.1 Å². The second-order valence-corrected chi connectivity index (χ2v) is 10.5. The van der Waals surface area contributed by atoms with E-state index < -0.39 is 27.4 Å². The largest absolute Gasteiger partial charge is 0.427 e. The lowest BCUT2D eigenvalue weighted by Gasteiger charge is -2.20. The SMILES string of the molecule is CCCC(=N)c1ccc(OC(=O)CCC(c2ccccc2)S(=O)(=O)Nc2ccccc2C2N=NN=N2)cc1. The Balaban J connectivity index is 1.48. The van der Waals surface area contributed by atoms with E-state index >= 15 is 0 Å². The Kier molecular flexibility index (Phi) is 8.70. The van der Waals surface area contributed by atoms with Crippen LogP contribution >= 0.6 is 0 Å². The highest BCUT2D eigenvalue weighted by atomic mass is 32.2. The van der Waals surface area contributed by atoms with Crippen molar-refractivity contribution in [3.63, 3.8) is 0 Å². The van der Waals surface area contributed by atoms with Crippen molar-refractivity contribution in [1.29, 1.82) is 5.41 Å². The molecule has 0 amide bonds. The van der Waals surface area contributed by atoms with E-state index in [-0.39, 0.29) is 12.8 Å². The fraction of sp³-hybridized carbons (Fsp3) is 0.259. The number of rotatable bonds is 12. The highest BCUT2D eigenvalue weighted by Crippen LogP contribution is 2.34. The van der Waals surface area contributed by atoms with Gasteiger partial charge in [0.25, 0.3) is 0 Å². The molecule has 1 aliphatic rings. The average Bonchev–Trinajstić information content (AvgIpc) is 3.45. The van der Waals surface area contributed by atoms with Crippen LogP contribution in [0.15, 0.2) is 99.5 Å². The van der Waals surface area contributed by atoms with Gasteiger partial charge >= 0.3 is 5.97 Å². The lowest BCUT2D eigenvalue weighted by atomic mass is 10.1. The van der Waals surface area contributed by atoms with E-state index in [4.69, 9.17) is 10.1 Å². The summed E-state index contributed by atoms with van der Waals surface area (Å²) in [7, 11) is -4.00. The zero-order valence-electron chi connectivity index (χ0n) is 20.8. The maximum absolute atomic E-state index is 13.6. The molecule has 0 saturated carbocycles. The first-order chi connectivity index (χ1) is 18.4. The van der Waals surface area contributed by atoms with E-state index in [1.54, 1.807) is 78.9 Å². The number of ether oxygens (including phenoxy) is 1. The molecule has 0 aliphatic carbocycles. The van der Waals surface area contributed by atoms with Crippen LogP contribution in [-0.4, -0.2) is 20.1 Å². The van der Waals surface area contributed by atoms with E-state index in [9.17, 15) is 13.2 Å². The summed E-state index contributed by atoms with van der Waals surface area (Å²) in [5.41, 5.74) is 2.67. The van der Waals surface area contributed by atoms with Crippen molar-refractivity contribution in [3.8, 4) is 5.75 Å². The molecule has 0 spiro atoms. The third-order valence-electron chi connectivity index (χ3n) is 5.94. The highest BCUT2D eigenvalue weighted by Gasteiger charge is 2.30. The average molecular weight is 533 g/mol.